The highest BCUT2D eigenvalue weighted by molar-refractivity contribution is 9.09. The summed E-state index contributed by atoms with van der Waals surface area (Å²) in [5.74, 6) is 0. The van der Waals surface area contributed by atoms with Crippen LogP contribution in [0.25, 0.3) is 0 Å². The van der Waals surface area contributed by atoms with Gasteiger partial charge in [-0.1, -0.05) is 15.9 Å². The molecule has 0 spiro atoms. The number of rotatable bonds is 3. The highest BCUT2D eigenvalue weighted by Crippen LogP contribution is 1.97. The molecule has 0 aromatic carbocycles. The van der Waals surface area contributed by atoms with Gasteiger partial charge in [-0.2, -0.15) is 0 Å². The van der Waals surface area contributed by atoms with Gasteiger partial charge in [-0.15, -0.1) is 0 Å². The molecule has 0 saturated carbocycles. The van der Waals surface area contributed by atoms with E-state index in [1.807, 2.05) is 0 Å². The quantitative estimate of drug-likeness (QED) is 0.495. The Bertz CT molecular complexity index is 58.4. The van der Waals surface area contributed by atoms with Crippen molar-refractivity contribution < 1.29 is 4.43 Å². The topological polar surface area (TPSA) is 9.23 Å². The first-order valence-corrected chi connectivity index (χ1v) is 6.78. The Kier molecular flexibility index (Phi) is 4.90. The van der Waals surface area contributed by atoms with Crippen LogP contribution in [0.15, 0.2) is 0 Å². The van der Waals surface area contributed by atoms with Crippen LogP contribution in [0.1, 0.15) is 6.92 Å². The molecule has 0 aromatic rings. The van der Waals surface area contributed by atoms with Crippen LogP contribution < -0.4 is 0 Å². The lowest BCUT2D eigenvalue weighted by Gasteiger charge is -2.11. The predicted molar refractivity (Wildman–Crippen MR) is 43.2 cm³/mol. The standard InChI is InChI=1S/C5H13BrOSi/c1-5(4-6)7-8(2)3/h5,8H,4H2,1-3H3. The van der Waals surface area contributed by atoms with Gasteiger partial charge in [0, 0.05) is 5.33 Å². The molecule has 0 aliphatic heterocycles. The van der Waals surface area contributed by atoms with Crippen LogP contribution in [0.5, 0.6) is 0 Å². The van der Waals surface area contributed by atoms with Crippen LogP contribution >= 0.6 is 15.9 Å². The smallest absolute Gasteiger partial charge is 0.171 e. The third-order valence-corrected chi connectivity index (χ3v) is 2.64. The van der Waals surface area contributed by atoms with Gasteiger partial charge in [0.15, 0.2) is 9.04 Å². The lowest BCUT2D eigenvalue weighted by molar-refractivity contribution is 0.253. The van der Waals surface area contributed by atoms with Crippen molar-refractivity contribution in [2.45, 2.75) is 26.1 Å². The Morgan fingerprint density at radius 1 is 1.62 bits per heavy atom. The average molecular weight is 197 g/mol. The van der Waals surface area contributed by atoms with Gasteiger partial charge in [0.25, 0.3) is 0 Å². The van der Waals surface area contributed by atoms with Crippen molar-refractivity contribution in [1.82, 2.24) is 0 Å². The average Bonchev–Trinajstić information content (AvgIpc) is 1.65. The number of alkyl halides is 1. The van der Waals surface area contributed by atoms with E-state index in [-0.39, 0.29) is 0 Å². The lowest BCUT2D eigenvalue weighted by atomic mass is 10.5. The third kappa shape index (κ3) is 4.81. The van der Waals surface area contributed by atoms with Crippen molar-refractivity contribution in [3.8, 4) is 0 Å². The zero-order valence-corrected chi connectivity index (χ0v) is 8.39. The fourth-order valence-electron chi connectivity index (χ4n) is 0.501. The first-order valence-electron chi connectivity index (χ1n) is 2.88. The summed E-state index contributed by atoms with van der Waals surface area (Å²) in [6.07, 6.45) is 0.404. The summed E-state index contributed by atoms with van der Waals surface area (Å²) in [6, 6.07) is 0. The second-order valence-electron chi connectivity index (χ2n) is 2.15. The van der Waals surface area contributed by atoms with Crippen molar-refractivity contribution in [1.29, 1.82) is 0 Å². The van der Waals surface area contributed by atoms with Crippen LogP contribution in [0.2, 0.25) is 13.1 Å². The fraction of sp³-hybridized carbons (Fsp3) is 1.00. The van der Waals surface area contributed by atoms with E-state index in [4.69, 9.17) is 4.43 Å². The summed E-state index contributed by atoms with van der Waals surface area (Å²) in [5, 5.41) is 0.957. The Hall–Kier alpha value is 0.657. The van der Waals surface area contributed by atoms with Crippen molar-refractivity contribution in [3.05, 3.63) is 0 Å². The molecule has 0 aliphatic carbocycles. The van der Waals surface area contributed by atoms with Crippen LogP contribution in [-0.4, -0.2) is 20.5 Å². The van der Waals surface area contributed by atoms with Crippen molar-refractivity contribution in [2.75, 3.05) is 5.33 Å². The molecular formula is C5H13BrOSi. The van der Waals surface area contributed by atoms with Crippen LogP contribution in [-0.2, 0) is 4.43 Å². The van der Waals surface area contributed by atoms with E-state index < -0.39 is 9.04 Å². The van der Waals surface area contributed by atoms with Crippen molar-refractivity contribution in [3.63, 3.8) is 0 Å². The van der Waals surface area contributed by atoms with Gasteiger partial charge in [-0.25, -0.2) is 0 Å². The Morgan fingerprint density at radius 3 is 2.25 bits per heavy atom. The molecule has 0 rings (SSSR count). The first-order chi connectivity index (χ1) is 3.66. The van der Waals surface area contributed by atoms with E-state index in [1.165, 1.54) is 0 Å². The maximum absolute atomic E-state index is 5.49. The van der Waals surface area contributed by atoms with Gasteiger partial charge in [0.05, 0.1) is 6.10 Å². The minimum Gasteiger partial charge on any atom is -0.417 e. The van der Waals surface area contributed by atoms with Gasteiger partial charge >= 0.3 is 0 Å². The largest absolute Gasteiger partial charge is 0.417 e. The maximum atomic E-state index is 5.49. The Balaban J connectivity index is 3.10. The molecule has 1 atom stereocenters. The Labute approximate surface area is 61.3 Å². The maximum Gasteiger partial charge on any atom is 0.171 e. The zero-order chi connectivity index (χ0) is 6.57. The highest BCUT2D eigenvalue weighted by atomic mass is 79.9. The molecule has 1 unspecified atom stereocenters. The molecule has 0 heterocycles. The second-order valence-corrected chi connectivity index (χ2v) is 5.17. The molecule has 0 fully saturated rings. The molecule has 0 bridgehead atoms. The number of hydrogen-bond acceptors (Lipinski definition) is 1. The molecule has 0 aliphatic rings. The van der Waals surface area contributed by atoms with Gasteiger partial charge in [-0.3, -0.25) is 0 Å². The lowest BCUT2D eigenvalue weighted by Crippen LogP contribution is -2.18. The summed E-state index contributed by atoms with van der Waals surface area (Å²) in [4.78, 5) is 0. The number of halogens is 1. The molecule has 0 aromatic heterocycles. The Morgan fingerprint density at radius 2 is 2.12 bits per heavy atom. The molecule has 50 valence electrons. The summed E-state index contributed by atoms with van der Waals surface area (Å²) in [5.41, 5.74) is 0. The van der Waals surface area contributed by atoms with Crippen molar-refractivity contribution in [2.24, 2.45) is 0 Å². The molecule has 0 N–H and O–H groups in total. The molecular weight excluding hydrogens is 184 g/mol. The van der Waals surface area contributed by atoms with Gasteiger partial charge in [0.2, 0.25) is 0 Å². The monoisotopic (exact) mass is 196 g/mol. The van der Waals surface area contributed by atoms with E-state index in [9.17, 15) is 0 Å². The van der Waals surface area contributed by atoms with Gasteiger partial charge in [0.1, 0.15) is 0 Å². The SMILES string of the molecule is CC(CBr)O[SiH](C)C. The molecule has 1 nitrogen and oxygen atoms in total. The summed E-state index contributed by atoms with van der Waals surface area (Å²) < 4.78 is 5.49. The van der Waals surface area contributed by atoms with Crippen LogP contribution in [0.3, 0.4) is 0 Å². The predicted octanol–water partition coefficient (Wildman–Crippen LogP) is 1.77. The summed E-state index contributed by atoms with van der Waals surface area (Å²) in [6.45, 7) is 6.44. The van der Waals surface area contributed by atoms with Crippen LogP contribution in [0, 0.1) is 0 Å². The van der Waals surface area contributed by atoms with E-state index in [0.29, 0.717) is 6.10 Å². The van der Waals surface area contributed by atoms with E-state index in [0.717, 1.165) is 5.33 Å². The zero-order valence-electron chi connectivity index (χ0n) is 5.65. The normalized spacial score (nSPS) is 14.6. The van der Waals surface area contributed by atoms with E-state index in [1.54, 1.807) is 0 Å². The molecule has 0 amide bonds. The van der Waals surface area contributed by atoms with E-state index >= 15 is 0 Å². The molecule has 8 heavy (non-hydrogen) atoms. The summed E-state index contributed by atoms with van der Waals surface area (Å²) >= 11 is 3.34. The third-order valence-electron chi connectivity index (χ3n) is 0.722. The first kappa shape index (κ1) is 8.66. The minimum absolute atomic E-state index is 0.404. The van der Waals surface area contributed by atoms with Crippen molar-refractivity contribution >= 4 is 25.0 Å². The van der Waals surface area contributed by atoms with E-state index in [2.05, 4.69) is 35.9 Å². The molecule has 0 radical (unpaired) electrons. The fourth-order valence-corrected chi connectivity index (χ4v) is 1.96. The summed E-state index contributed by atoms with van der Waals surface area (Å²) in [7, 11) is -0.776. The van der Waals surface area contributed by atoms with Gasteiger partial charge in [-0.05, 0) is 20.0 Å². The second kappa shape index (κ2) is 4.53. The molecule has 3 heteroatoms. The van der Waals surface area contributed by atoms with Gasteiger partial charge < -0.3 is 4.43 Å². The van der Waals surface area contributed by atoms with Crippen LogP contribution in [0.4, 0.5) is 0 Å². The number of hydrogen-bond donors (Lipinski definition) is 0. The molecule has 0 saturated heterocycles. The highest BCUT2D eigenvalue weighted by Gasteiger charge is 2.01. The minimum atomic E-state index is -0.776.